The molecule has 1 aliphatic rings. The van der Waals surface area contributed by atoms with Crippen molar-refractivity contribution in [1.82, 2.24) is 5.32 Å². The van der Waals surface area contributed by atoms with Gasteiger partial charge in [-0.15, -0.1) is 0 Å². The van der Waals surface area contributed by atoms with E-state index < -0.39 is 0 Å². The highest BCUT2D eigenvalue weighted by Gasteiger charge is 2.25. The van der Waals surface area contributed by atoms with Gasteiger partial charge in [-0.1, -0.05) is 26.0 Å². The molecular formula is C16H26N2O. The van der Waals surface area contributed by atoms with E-state index in [-0.39, 0.29) is 0 Å². The third kappa shape index (κ3) is 3.48. The third-order valence-electron chi connectivity index (χ3n) is 4.02. The molecule has 1 N–H and O–H groups in total. The summed E-state index contributed by atoms with van der Waals surface area (Å²) in [6, 6.07) is 9.96. The number of hydrogen-bond donors (Lipinski definition) is 1. The maximum absolute atomic E-state index is 5.23. The molecule has 1 heterocycles. The zero-order valence-corrected chi connectivity index (χ0v) is 12.4. The summed E-state index contributed by atoms with van der Waals surface area (Å²) >= 11 is 0. The quantitative estimate of drug-likeness (QED) is 0.883. The van der Waals surface area contributed by atoms with Gasteiger partial charge < -0.3 is 15.0 Å². The van der Waals surface area contributed by atoms with Gasteiger partial charge in [-0.3, -0.25) is 0 Å². The van der Waals surface area contributed by atoms with Gasteiger partial charge in [-0.05, 0) is 30.5 Å². The first-order chi connectivity index (χ1) is 9.28. The van der Waals surface area contributed by atoms with E-state index in [4.69, 9.17) is 4.74 Å². The van der Waals surface area contributed by atoms with Crippen LogP contribution in [-0.4, -0.2) is 32.3 Å². The van der Waals surface area contributed by atoms with Crippen LogP contribution >= 0.6 is 0 Å². The van der Waals surface area contributed by atoms with E-state index in [2.05, 4.69) is 48.3 Å². The summed E-state index contributed by atoms with van der Waals surface area (Å²) in [5.74, 6) is 0. The molecule has 2 atom stereocenters. The molecule has 0 amide bonds. The van der Waals surface area contributed by atoms with Crippen molar-refractivity contribution in [2.45, 2.75) is 45.4 Å². The fraction of sp³-hybridized carbons (Fsp3) is 0.625. The molecular weight excluding hydrogens is 236 g/mol. The first-order valence-electron chi connectivity index (χ1n) is 7.36. The van der Waals surface area contributed by atoms with Crippen LogP contribution < -0.4 is 10.2 Å². The summed E-state index contributed by atoms with van der Waals surface area (Å²) in [7, 11) is 1.75. The summed E-state index contributed by atoms with van der Waals surface area (Å²) in [5, 5.41) is 3.64. The van der Waals surface area contributed by atoms with Crippen LogP contribution in [0.5, 0.6) is 0 Å². The molecule has 0 spiro atoms. The Bertz CT molecular complexity index is 394. The van der Waals surface area contributed by atoms with Crippen molar-refractivity contribution in [3.05, 3.63) is 29.8 Å². The van der Waals surface area contributed by atoms with E-state index in [1.165, 1.54) is 24.1 Å². The molecule has 2 rings (SSSR count). The Hall–Kier alpha value is -1.06. The molecule has 1 aliphatic heterocycles. The predicted molar refractivity (Wildman–Crippen MR) is 80.7 cm³/mol. The van der Waals surface area contributed by atoms with Crippen LogP contribution in [0, 0.1) is 0 Å². The summed E-state index contributed by atoms with van der Waals surface area (Å²) < 4.78 is 5.23. The highest BCUT2D eigenvalue weighted by Crippen LogP contribution is 2.23. The minimum Gasteiger partial charge on any atom is -0.380 e. The van der Waals surface area contributed by atoms with E-state index in [1.54, 1.807) is 7.11 Å². The molecule has 106 valence electrons. The maximum Gasteiger partial charge on any atom is 0.0713 e. The summed E-state index contributed by atoms with van der Waals surface area (Å²) in [6.45, 7) is 7.40. The van der Waals surface area contributed by atoms with Crippen LogP contribution in [0.2, 0.25) is 0 Å². The highest BCUT2D eigenvalue weighted by atomic mass is 16.5. The fourth-order valence-electron chi connectivity index (χ4n) is 2.81. The number of nitrogens with one attached hydrogen (secondary N) is 1. The van der Waals surface area contributed by atoms with Gasteiger partial charge >= 0.3 is 0 Å². The molecule has 1 saturated heterocycles. The number of piperazine rings is 1. The van der Waals surface area contributed by atoms with Gasteiger partial charge in [0.2, 0.25) is 0 Å². The van der Waals surface area contributed by atoms with E-state index in [0.717, 1.165) is 13.1 Å². The molecule has 1 aromatic rings. The lowest BCUT2D eigenvalue weighted by atomic mass is 10.0. The molecule has 3 heteroatoms. The SMILES string of the molecule is CCC1CN(c2cccc(COC)c2)C(CC)CN1. The smallest absolute Gasteiger partial charge is 0.0713 e. The molecule has 0 aromatic heterocycles. The van der Waals surface area contributed by atoms with Crippen molar-refractivity contribution >= 4 is 5.69 Å². The number of methoxy groups -OCH3 is 1. The van der Waals surface area contributed by atoms with Crippen LogP contribution in [0.4, 0.5) is 5.69 Å². The fourth-order valence-corrected chi connectivity index (χ4v) is 2.81. The number of benzene rings is 1. The molecule has 0 bridgehead atoms. The average molecular weight is 262 g/mol. The summed E-state index contributed by atoms with van der Waals surface area (Å²) in [5.41, 5.74) is 2.59. The van der Waals surface area contributed by atoms with Gasteiger partial charge in [0.05, 0.1) is 6.61 Å². The number of rotatable bonds is 5. The minimum atomic E-state index is 0.598. The Morgan fingerprint density at radius 1 is 1.32 bits per heavy atom. The number of ether oxygens (including phenoxy) is 1. The molecule has 0 aliphatic carbocycles. The number of nitrogens with zero attached hydrogens (tertiary/aromatic N) is 1. The van der Waals surface area contributed by atoms with Crippen LogP contribution in [-0.2, 0) is 11.3 Å². The van der Waals surface area contributed by atoms with Crippen molar-refractivity contribution < 1.29 is 4.74 Å². The Morgan fingerprint density at radius 3 is 2.84 bits per heavy atom. The Labute approximate surface area is 116 Å². The topological polar surface area (TPSA) is 24.5 Å². The lowest BCUT2D eigenvalue weighted by molar-refractivity contribution is 0.185. The molecule has 1 fully saturated rings. The minimum absolute atomic E-state index is 0.598. The van der Waals surface area contributed by atoms with Gasteiger partial charge in [0.25, 0.3) is 0 Å². The van der Waals surface area contributed by atoms with E-state index in [0.29, 0.717) is 18.7 Å². The van der Waals surface area contributed by atoms with Crippen LogP contribution in [0.15, 0.2) is 24.3 Å². The summed E-state index contributed by atoms with van der Waals surface area (Å²) in [6.07, 6.45) is 2.36. The van der Waals surface area contributed by atoms with Gasteiger partial charge in [0, 0.05) is 38.0 Å². The first-order valence-corrected chi connectivity index (χ1v) is 7.36. The van der Waals surface area contributed by atoms with Gasteiger partial charge in [0.1, 0.15) is 0 Å². The highest BCUT2D eigenvalue weighted by molar-refractivity contribution is 5.50. The Kier molecular flexibility index (Phi) is 5.23. The molecule has 0 radical (unpaired) electrons. The number of hydrogen-bond acceptors (Lipinski definition) is 3. The third-order valence-corrected chi connectivity index (χ3v) is 4.02. The monoisotopic (exact) mass is 262 g/mol. The second-order valence-electron chi connectivity index (χ2n) is 5.33. The molecule has 1 aromatic carbocycles. The first kappa shape index (κ1) is 14.4. The molecule has 2 unspecified atom stereocenters. The summed E-state index contributed by atoms with van der Waals surface area (Å²) in [4.78, 5) is 2.56. The van der Waals surface area contributed by atoms with Crippen molar-refractivity contribution in [3.63, 3.8) is 0 Å². The van der Waals surface area contributed by atoms with Crippen LogP contribution in [0.25, 0.3) is 0 Å². The van der Waals surface area contributed by atoms with Crippen molar-refractivity contribution in [1.29, 1.82) is 0 Å². The second-order valence-corrected chi connectivity index (χ2v) is 5.33. The zero-order chi connectivity index (χ0) is 13.7. The lowest BCUT2D eigenvalue weighted by Crippen LogP contribution is -2.56. The lowest BCUT2D eigenvalue weighted by Gasteiger charge is -2.41. The van der Waals surface area contributed by atoms with Crippen molar-refractivity contribution in [3.8, 4) is 0 Å². The largest absolute Gasteiger partial charge is 0.380 e. The Balaban J connectivity index is 2.18. The average Bonchev–Trinajstić information content (AvgIpc) is 2.47. The molecule has 3 nitrogen and oxygen atoms in total. The zero-order valence-electron chi connectivity index (χ0n) is 12.4. The standard InChI is InChI=1S/C16H26N2O/c1-4-14-11-18(15(5-2)10-17-14)16-8-6-7-13(9-16)12-19-3/h6-9,14-15,17H,4-5,10-12H2,1-3H3. The van der Waals surface area contributed by atoms with Crippen molar-refractivity contribution in [2.24, 2.45) is 0 Å². The molecule has 19 heavy (non-hydrogen) atoms. The van der Waals surface area contributed by atoms with Crippen molar-refractivity contribution in [2.75, 3.05) is 25.1 Å². The number of anilines is 1. The van der Waals surface area contributed by atoms with E-state index >= 15 is 0 Å². The normalized spacial score (nSPS) is 23.6. The van der Waals surface area contributed by atoms with Gasteiger partial charge in [0.15, 0.2) is 0 Å². The Morgan fingerprint density at radius 2 is 2.16 bits per heavy atom. The van der Waals surface area contributed by atoms with E-state index in [9.17, 15) is 0 Å². The maximum atomic E-state index is 5.23. The predicted octanol–water partition coefficient (Wildman–Crippen LogP) is 2.80. The molecule has 0 saturated carbocycles. The van der Waals surface area contributed by atoms with Gasteiger partial charge in [-0.25, -0.2) is 0 Å². The van der Waals surface area contributed by atoms with Crippen LogP contribution in [0.3, 0.4) is 0 Å². The van der Waals surface area contributed by atoms with Crippen LogP contribution in [0.1, 0.15) is 32.3 Å². The van der Waals surface area contributed by atoms with E-state index in [1.807, 2.05) is 0 Å². The van der Waals surface area contributed by atoms with Gasteiger partial charge in [-0.2, -0.15) is 0 Å². The second kappa shape index (κ2) is 6.92.